The number of phosphoric acid groups is 2. The number of rotatable bonds is 0. The van der Waals surface area contributed by atoms with Gasteiger partial charge in [-0.05, 0) is 0 Å². The first-order valence-corrected chi connectivity index (χ1v) is 6.35. The molecule has 0 rings (SSSR count). The Morgan fingerprint density at radius 2 is 0.562 bits per heavy atom. The fourth-order valence-corrected chi connectivity index (χ4v) is 0. The Morgan fingerprint density at radius 1 is 0.562 bits per heavy atom. The topological polar surface area (TPSA) is 172 Å². The van der Waals surface area contributed by atoms with Crippen LogP contribution in [0.2, 0.25) is 0 Å². The molecule has 0 spiro atoms. The normalized spacial score (nSPS) is 8.69. The van der Waals surface area contributed by atoms with Crippen molar-refractivity contribution in [1.82, 2.24) is 0 Å². The Balaban J connectivity index is -0.0000000345. The van der Waals surface area contributed by atoms with Crippen LogP contribution >= 0.6 is 15.6 Å². The molecule has 0 bridgehead atoms. The summed E-state index contributed by atoms with van der Waals surface area (Å²) in [6, 6.07) is 0. The van der Waals surface area contributed by atoms with Gasteiger partial charge in [0.15, 0.2) is 0 Å². The van der Waals surface area contributed by atoms with E-state index in [-0.39, 0.29) is 0 Å². The number of hydrogen-bond donors (Lipinski definition) is 0. The average Bonchev–Trinajstić information content (AvgIpc) is 2.08. The van der Waals surface area contributed by atoms with Gasteiger partial charge in [0.1, 0.15) is 0 Å². The van der Waals surface area contributed by atoms with Crippen molar-refractivity contribution < 1.29 is 49.1 Å². The summed E-state index contributed by atoms with van der Waals surface area (Å²) in [7, 11) is -10.8. The summed E-state index contributed by atoms with van der Waals surface area (Å²) in [5, 5.41) is 0. The second kappa shape index (κ2) is 21.8. The van der Waals surface area contributed by atoms with E-state index in [1.165, 1.54) is 0 Å². The quantitative estimate of drug-likeness (QED) is 0.313. The summed E-state index contributed by atoms with van der Waals surface area (Å²) >= 11 is 2.75. The van der Waals surface area contributed by atoms with Crippen molar-refractivity contribution in [2.75, 3.05) is 0 Å². The van der Waals surface area contributed by atoms with Gasteiger partial charge in [-0.25, -0.2) is 0 Å². The van der Waals surface area contributed by atoms with Gasteiger partial charge in [0, 0.05) is 0 Å². The molecule has 0 saturated heterocycles. The Bertz CT molecular complexity index is 141. The Hall–Kier alpha value is 1.61. The zero-order chi connectivity index (χ0) is 15.0. The molecule has 16 heteroatoms. The van der Waals surface area contributed by atoms with Crippen LogP contribution in [-0.4, -0.2) is 50.2 Å². The molecule has 0 unspecified atom stereocenters. The van der Waals surface area contributed by atoms with Gasteiger partial charge in [0.25, 0.3) is 0 Å². The fraction of sp³-hybridized carbons (Fsp3) is 0. The van der Waals surface area contributed by atoms with Crippen LogP contribution in [0.4, 0.5) is 10.6 Å². The molecule has 8 nitrogen and oxygen atoms in total. The van der Waals surface area contributed by atoms with E-state index >= 15 is 0 Å². The van der Waals surface area contributed by atoms with E-state index in [0.717, 1.165) is 50.2 Å². The Morgan fingerprint density at radius 3 is 0.562 bits per heavy atom. The van der Waals surface area contributed by atoms with Gasteiger partial charge >= 0.3 is 60.8 Å². The first-order valence-electron chi connectivity index (χ1n) is 2.12. The van der Waals surface area contributed by atoms with Gasteiger partial charge < -0.3 is 38.5 Å². The molecule has 0 atom stereocenters. The van der Waals surface area contributed by atoms with Crippen LogP contribution in [-0.2, 0) is 9.13 Å². The monoisotopic (exact) mass is 328 g/mol. The van der Waals surface area contributed by atoms with Gasteiger partial charge in [0.05, 0.1) is 0 Å². The third kappa shape index (κ3) is 1290. The third-order valence-electron chi connectivity index (χ3n) is 0. The van der Waals surface area contributed by atoms with Crippen molar-refractivity contribution in [2.24, 2.45) is 0 Å². The van der Waals surface area contributed by atoms with Crippen LogP contribution in [0.3, 0.4) is 0 Å². The molecule has 0 radical (unpaired) electrons. The molecule has 0 saturated carbocycles. The number of hydrogen-bond acceptors (Lipinski definition) is 8. The van der Waals surface area contributed by atoms with Crippen LogP contribution in [0.15, 0.2) is 0 Å². The van der Waals surface area contributed by atoms with Crippen molar-refractivity contribution in [3.63, 3.8) is 0 Å². The molecule has 0 aliphatic carbocycles. The van der Waals surface area contributed by atoms with Gasteiger partial charge in [-0.2, -0.15) is 15.6 Å². The summed E-state index contributed by atoms with van der Waals surface area (Å²) < 4.78 is 45.3. The number of halogens is 3. The van der Waals surface area contributed by atoms with E-state index in [0.29, 0.717) is 0 Å². The molecule has 0 N–H and O–H groups in total. The molecule has 0 aromatic heterocycles. The summed E-state index contributed by atoms with van der Waals surface area (Å²) in [6.45, 7) is 0. The first-order chi connectivity index (χ1) is 7.00. The van der Waals surface area contributed by atoms with Crippen LogP contribution in [0.1, 0.15) is 0 Å². The zero-order valence-corrected chi connectivity index (χ0v) is 12.3. The van der Waals surface area contributed by atoms with Gasteiger partial charge in [0.2, 0.25) is 0 Å². The molecule has 88 valence electrons. The molecule has 0 aliphatic heterocycles. The molecule has 0 heterocycles. The summed E-state index contributed by atoms with van der Waals surface area (Å²) in [5.74, 6) is 0. The van der Waals surface area contributed by atoms with E-state index in [2.05, 4.69) is 0 Å². The molecule has 0 aromatic carbocycles. The Kier molecular flexibility index (Phi) is 41.7. The second-order valence-electron chi connectivity index (χ2n) is 0.894. The van der Waals surface area contributed by atoms with E-state index in [4.69, 9.17) is 38.5 Å². The van der Waals surface area contributed by atoms with E-state index in [1.54, 1.807) is 0 Å². The van der Waals surface area contributed by atoms with Gasteiger partial charge in [-0.1, -0.05) is 0 Å². The van der Waals surface area contributed by atoms with Gasteiger partial charge in [-0.3, -0.25) is 0 Å². The third-order valence-corrected chi connectivity index (χ3v) is 0. The van der Waals surface area contributed by atoms with E-state index in [1.807, 2.05) is 0 Å². The van der Waals surface area contributed by atoms with E-state index < -0.39 is 15.6 Å². The van der Waals surface area contributed by atoms with E-state index in [9.17, 15) is 10.6 Å². The SMILES string of the molecule is O=P([O-])([O-])[O-].O=P([O-])([O-])[O-].[F][Al+2].[F][Al+2].[F][Al+2]. The predicted octanol–water partition coefficient (Wildman–Crippen LogP) is -5.53. The summed E-state index contributed by atoms with van der Waals surface area (Å²) in [4.78, 5) is 51.3. The van der Waals surface area contributed by atoms with Crippen LogP contribution in [0.25, 0.3) is 0 Å². The standard InChI is InChI=1S/3Al.3FH.2H3O4P/c;;;;;;2*1-5(2,3)4/h;;;3*1H;2*(H3,1,2,3,4)/q3*+3;;;;;/p-9. The van der Waals surface area contributed by atoms with Gasteiger partial charge in [-0.15, -0.1) is 0 Å². The predicted molar refractivity (Wildman–Crippen MR) is 35.8 cm³/mol. The van der Waals surface area contributed by atoms with Crippen LogP contribution in [0, 0.1) is 0 Å². The maximum absolute atomic E-state index is 9.42. The minimum atomic E-state index is -5.39. The first kappa shape index (κ1) is 30.6. The van der Waals surface area contributed by atoms with Crippen LogP contribution in [0.5, 0.6) is 0 Å². The molecular formula is Al3F3O8P2. The molecule has 0 amide bonds. The van der Waals surface area contributed by atoms with Crippen molar-refractivity contribution in [3.8, 4) is 0 Å². The van der Waals surface area contributed by atoms with Crippen molar-refractivity contribution in [1.29, 1.82) is 0 Å². The zero-order valence-electron chi connectivity index (χ0n) is 7.03. The summed E-state index contributed by atoms with van der Waals surface area (Å²) in [5.41, 5.74) is 0. The minimum absolute atomic E-state index is 0.917. The Labute approximate surface area is 115 Å². The molecule has 0 aliphatic rings. The van der Waals surface area contributed by atoms with Crippen LogP contribution < -0.4 is 29.4 Å². The summed E-state index contributed by atoms with van der Waals surface area (Å²) in [6.07, 6.45) is 0. The molecule has 16 heavy (non-hydrogen) atoms. The molecule has 0 fully saturated rings. The van der Waals surface area contributed by atoms with Crippen molar-refractivity contribution in [3.05, 3.63) is 0 Å². The fourth-order valence-electron chi connectivity index (χ4n) is 0. The average molecular weight is 328 g/mol. The van der Waals surface area contributed by atoms with Crippen molar-refractivity contribution >= 4 is 65.9 Å². The van der Waals surface area contributed by atoms with Crippen molar-refractivity contribution in [2.45, 2.75) is 0 Å². The second-order valence-corrected chi connectivity index (χ2v) is 2.68. The molecular weight excluding hydrogens is 328 g/mol. The maximum atomic E-state index is 9.42. The molecule has 0 aromatic rings.